The van der Waals surface area contributed by atoms with Crippen molar-refractivity contribution in [3.05, 3.63) is 42.2 Å². The molecule has 0 radical (unpaired) electrons. The topological polar surface area (TPSA) is 64.9 Å². The number of aryl methyl sites for hydroxylation is 1. The molecule has 2 aromatic heterocycles. The van der Waals surface area contributed by atoms with Crippen molar-refractivity contribution in [1.29, 1.82) is 0 Å². The molecule has 84 valence electrons. The van der Waals surface area contributed by atoms with E-state index in [4.69, 9.17) is 10.2 Å². The predicted octanol–water partition coefficient (Wildman–Crippen LogP) is 2.17. The van der Waals surface area contributed by atoms with Gasteiger partial charge in [-0.15, -0.1) is 0 Å². The van der Waals surface area contributed by atoms with Crippen LogP contribution in [-0.2, 0) is 0 Å². The van der Waals surface area contributed by atoms with E-state index >= 15 is 0 Å². The van der Waals surface area contributed by atoms with Crippen LogP contribution in [0.4, 0.5) is 0 Å². The third-order valence-corrected chi connectivity index (χ3v) is 3.30. The van der Waals surface area contributed by atoms with Crippen molar-refractivity contribution in [3.63, 3.8) is 0 Å². The van der Waals surface area contributed by atoms with E-state index in [1.165, 1.54) is 6.33 Å². The molecule has 5 heteroatoms. The maximum atomic E-state index is 5.74. The molecule has 0 bridgehead atoms. The molecule has 0 saturated carbocycles. The second-order valence-corrected chi connectivity index (χ2v) is 4.56. The van der Waals surface area contributed by atoms with Gasteiger partial charge in [-0.25, -0.2) is 9.97 Å². The standard InChI is InChI=1S/C11H13N3OS/c1-8-2-3-9(15-8)10(6-12)16-11-4-5-13-7-14-11/h2-5,7,10H,6,12H2,1H3. The van der Waals surface area contributed by atoms with E-state index in [1.54, 1.807) is 18.0 Å². The lowest BCUT2D eigenvalue weighted by Crippen LogP contribution is -2.08. The van der Waals surface area contributed by atoms with Gasteiger partial charge in [0.1, 0.15) is 22.9 Å². The summed E-state index contributed by atoms with van der Waals surface area (Å²) in [5.41, 5.74) is 5.74. The molecular formula is C11H13N3OS. The SMILES string of the molecule is Cc1ccc(C(CN)Sc2ccncn2)o1. The third-order valence-electron chi connectivity index (χ3n) is 2.11. The van der Waals surface area contributed by atoms with E-state index in [1.807, 2.05) is 25.1 Å². The number of aromatic nitrogens is 2. The lowest BCUT2D eigenvalue weighted by atomic mass is 10.3. The van der Waals surface area contributed by atoms with Crippen LogP contribution in [0.3, 0.4) is 0 Å². The first-order chi connectivity index (χ1) is 7.79. The van der Waals surface area contributed by atoms with Gasteiger partial charge in [-0.05, 0) is 25.1 Å². The maximum Gasteiger partial charge on any atom is 0.118 e. The average Bonchev–Trinajstić information content (AvgIpc) is 2.74. The Kier molecular flexibility index (Phi) is 3.58. The van der Waals surface area contributed by atoms with E-state index in [0.717, 1.165) is 16.5 Å². The molecule has 0 amide bonds. The highest BCUT2D eigenvalue weighted by molar-refractivity contribution is 7.99. The van der Waals surface area contributed by atoms with Crippen LogP contribution in [0.25, 0.3) is 0 Å². The van der Waals surface area contributed by atoms with Crippen LogP contribution in [0, 0.1) is 6.92 Å². The van der Waals surface area contributed by atoms with Crippen LogP contribution in [0.5, 0.6) is 0 Å². The van der Waals surface area contributed by atoms with Crippen LogP contribution in [0.2, 0.25) is 0 Å². The maximum absolute atomic E-state index is 5.74. The zero-order chi connectivity index (χ0) is 11.4. The molecule has 16 heavy (non-hydrogen) atoms. The van der Waals surface area contributed by atoms with Gasteiger partial charge in [-0.2, -0.15) is 0 Å². The van der Waals surface area contributed by atoms with Gasteiger partial charge in [0.05, 0.1) is 5.25 Å². The zero-order valence-electron chi connectivity index (χ0n) is 8.96. The molecule has 0 aliphatic heterocycles. The van der Waals surface area contributed by atoms with Crippen molar-refractivity contribution in [2.45, 2.75) is 17.2 Å². The lowest BCUT2D eigenvalue weighted by molar-refractivity contribution is 0.481. The Morgan fingerprint density at radius 3 is 2.88 bits per heavy atom. The Morgan fingerprint density at radius 1 is 1.44 bits per heavy atom. The van der Waals surface area contributed by atoms with Gasteiger partial charge in [0.2, 0.25) is 0 Å². The molecule has 4 nitrogen and oxygen atoms in total. The van der Waals surface area contributed by atoms with Crippen molar-refractivity contribution in [2.75, 3.05) is 6.54 Å². The predicted molar refractivity (Wildman–Crippen MR) is 63.1 cm³/mol. The van der Waals surface area contributed by atoms with E-state index in [0.29, 0.717) is 6.54 Å². The Hall–Kier alpha value is -1.33. The van der Waals surface area contributed by atoms with Gasteiger partial charge >= 0.3 is 0 Å². The van der Waals surface area contributed by atoms with Crippen molar-refractivity contribution in [1.82, 2.24) is 9.97 Å². The first-order valence-corrected chi connectivity index (χ1v) is 5.86. The van der Waals surface area contributed by atoms with Gasteiger partial charge in [-0.1, -0.05) is 11.8 Å². The number of hydrogen-bond donors (Lipinski definition) is 1. The van der Waals surface area contributed by atoms with Gasteiger partial charge in [0.15, 0.2) is 0 Å². The summed E-state index contributed by atoms with van der Waals surface area (Å²) in [7, 11) is 0. The summed E-state index contributed by atoms with van der Waals surface area (Å²) >= 11 is 1.59. The van der Waals surface area contributed by atoms with Crippen LogP contribution in [-0.4, -0.2) is 16.5 Å². The Morgan fingerprint density at radius 2 is 2.31 bits per heavy atom. The minimum absolute atomic E-state index is 0.101. The van der Waals surface area contributed by atoms with E-state index in [9.17, 15) is 0 Å². The summed E-state index contributed by atoms with van der Waals surface area (Å²) in [4.78, 5) is 8.03. The van der Waals surface area contributed by atoms with Gasteiger partial charge in [0.25, 0.3) is 0 Å². The molecule has 1 unspecified atom stereocenters. The molecule has 0 spiro atoms. The van der Waals surface area contributed by atoms with Crippen LogP contribution >= 0.6 is 11.8 Å². The number of nitrogens with two attached hydrogens (primary N) is 1. The molecule has 0 fully saturated rings. The highest BCUT2D eigenvalue weighted by Gasteiger charge is 2.15. The highest BCUT2D eigenvalue weighted by Crippen LogP contribution is 2.33. The van der Waals surface area contributed by atoms with Gasteiger partial charge in [0, 0.05) is 12.7 Å². The van der Waals surface area contributed by atoms with Crippen LogP contribution < -0.4 is 5.73 Å². The minimum Gasteiger partial charge on any atom is -0.465 e. The number of thioether (sulfide) groups is 1. The number of rotatable bonds is 4. The van der Waals surface area contributed by atoms with E-state index in [-0.39, 0.29) is 5.25 Å². The van der Waals surface area contributed by atoms with E-state index in [2.05, 4.69) is 9.97 Å². The van der Waals surface area contributed by atoms with Crippen LogP contribution in [0.1, 0.15) is 16.8 Å². The van der Waals surface area contributed by atoms with Crippen molar-refractivity contribution < 1.29 is 4.42 Å². The van der Waals surface area contributed by atoms with E-state index < -0.39 is 0 Å². The highest BCUT2D eigenvalue weighted by atomic mass is 32.2. The van der Waals surface area contributed by atoms with Gasteiger partial charge in [-0.3, -0.25) is 0 Å². The molecular weight excluding hydrogens is 222 g/mol. The fourth-order valence-corrected chi connectivity index (χ4v) is 2.22. The summed E-state index contributed by atoms with van der Waals surface area (Å²) in [6.45, 7) is 2.44. The summed E-state index contributed by atoms with van der Waals surface area (Å²) in [5, 5.41) is 1.00. The smallest absolute Gasteiger partial charge is 0.118 e. The molecule has 0 aromatic carbocycles. The molecule has 2 heterocycles. The summed E-state index contributed by atoms with van der Waals surface area (Å²) in [5.74, 6) is 1.79. The second kappa shape index (κ2) is 5.14. The molecule has 0 saturated heterocycles. The lowest BCUT2D eigenvalue weighted by Gasteiger charge is -2.10. The molecule has 2 N–H and O–H groups in total. The first-order valence-electron chi connectivity index (χ1n) is 4.98. The average molecular weight is 235 g/mol. The molecule has 0 aliphatic carbocycles. The fourth-order valence-electron chi connectivity index (χ4n) is 1.34. The number of furan rings is 1. The molecule has 0 aliphatic rings. The minimum atomic E-state index is 0.101. The Labute approximate surface area is 98.3 Å². The van der Waals surface area contributed by atoms with Crippen LogP contribution in [0.15, 0.2) is 40.2 Å². The molecule has 2 aromatic rings. The fraction of sp³-hybridized carbons (Fsp3) is 0.273. The van der Waals surface area contributed by atoms with Crippen molar-refractivity contribution in [2.24, 2.45) is 5.73 Å². The first kappa shape index (κ1) is 11.2. The Bertz CT molecular complexity index is 444. The number of hydrogen-bond acceptors (Lipinski definition) is 5. The monoisotopic (exact) mass is 235 g/mol. The summed E-state index contributed by atoms with van der Waals surface area (Å²) in [6.07, 6.45) is 3.25. The summed E-state index contributed by atoms with van der Waals surface area (Å²) < 4.78 is 5.56. The van der Waals surface area contributed by atoms with Crippen molar-refractivity contribution in [3.8, 4) is 0 Å². The third kappa shape index (κ3) is 2.62. The van der Waals surface area contributed by atoms with Crippen molar-refractivity contribution >= 4 is 11.8 Å². The quantitative estimate of drug-likeness (QED) is 0.650. The normalized spacial score (nSPS) is 12.6. The summed E-state index contributed by atoms with van der Waals surface area (Å²) in [6, 6.07) is 5.77. The molecule has 2 rings (SSSR count). The van der Waals surface area contributed by atoms with Gasteiger partial charge < -0.3 is 10.2 Å². The largest absolute Gasteiger partial charge is 0.465 e. The molecule has 1 atom stereocenters. The second-order valence-electron chi connectivity index (χ2n) is 3.34. The zero-order valence-corrected chi connectivity index (χ0v) is 9.78. The Balaban J connectivity index is 2.12. The number of nitrogens with zero attached hydrogens (tertiary/aromatic N) is 2.